The third kappa shape index (κ3) is 5.26. The topological polar surface area (TPSA) is 24.9 Å². The second kappa shape index (κ2) is 8.18. The summed E-state index contributed by atoms with van der Waals surface area (Å²) in [4.78, 5) is 3.92. The number of rotatable bonds is 8. The first-order valence-corrected chi connectivity index (χ1v) is 6.61. The van der Waals surface area contributed by atoms with Crippen LogP contribution in [0.1, 0.15) is 57.6 Å². The Labute approximate surface area is 104 Å². The third-order valence-electron chi connectivity index (χ3n) is 2.93. The predicted octanol–water partition coefficient (Wildman–Crippen LogP) is 3.84. The molecule has 1 unspecified atom stereocenters. The van der Waals surface area contributed by atoms with E-state index >= 15 is 0 Å². The van der Waals surface area contributed by atoms with Crippen LogP contribution in [0.25, 0.3) is 0 Å². The van der Waals surface area contributed by atoms with E-state index < -0.39 is 0 Å². The van der Waals surface area contributed by atoms with Crippen molar-refractivity contribution in [1.82, 2.24) is 10.3 Å². The van der Waals surface area contributed by atoms with Crippen LogP contribution in [0, 0.1) is 5.82 Å². The molecule has 0 bridgehead atoms. The lowest BCUT2D eigenvalue weighted by molar-refractivity contribution is 0.477. The molecule has 0 aromatic carbocycles. The lowest BCUT2D eigenvalue weighted by atomic mass is 10.0. The fourth-order valence-electron chi connectivity index (χ4n) is 2.03. The molecule has 0 amide bonds. The van der Waals surface area contributed by atoms with Gasteiger partial charge in [-0.2, -0.15) is 0 Å². The molecule has 1 heterocycles. The molecule has 0 aliphatic rings. The quantitative estimate of drug-likeness (QED) is 0.696. The average Bonchev–Trinajstić information content (AvgIpc) is 2.33. The van der Waals surface area contributed by atoms with Crippen molar-refractivity contribution in [3.8, 4) is 0 Å². The number of aromatic nitrogens is 1. The van der Waals surface area contributed by atoms with Gasteiger partial charge in [-0.05, 0) is 24.6 Å². The van der Waals surface area contributed by atoms with E-state index in [2.05, 4.69) is 24.1 Å². The first-order chi connectivity index (χ1) is 8.27. The summed E-state index contributed by atoms with van der Waals surface area (Å²) < 4.78 is 13.1. The lowest BCUT2D eigenvalue weighted by Gasteiger charge is -2.17. The van der Waals surface area contributed by atoms with Crippen LogP contribution in [0.3, 0.4) is 0 Å². The van der Waals surface area contributed by atoms with Crippen molar-refractivity contribution in [3.63, 3.8) is 0 Å². The van der Waals surface area contributed by atoms with Crippen LogP contribution in [0.4, 0.5) is 4.39 Å². The predicted molar refractivity (Wildman–Crippen MR) is 69.4 cm³/mol. The zero-order chi connectivity index (χ0) is 12.5. The van der Waals surface area contributed by atoms with Crippen LogP contribution in [0.5, 0.6) is 0 Å². The summed E-state index contributed by atoms with van der Waals surface area (Å²) in [7, 11) is 0. The van der Waals surface area contributed by atoms with E-state index in [-0.39, 0.29) is 11.9 Å². The van der Waals surface area contributed by atoms with Gasteiger partial charge in [0, 0.05) is 12.2 Å². The molecule has 96 valence electrons. The van der Waals surface area contributed by atoms with Gasteiger partial charge >= 0.3 is 0 Å². The molecule has 0 radical (unpaired) electrons. The van der Waals surface area contributed by atoms with E-state index in [0.29, 0.717) is 0 Å². The molecule has 3 heteroatoms. The number of nitrogens with one attached hydrogen (secondary N) is 1. The monoisotopic (exact) mass is 238 g/mol. The SMILES string of the molecule is CCCCCCC(NCC)c1cncc(F)c1. The second-order valence-electron chi connectivity index (χ2n) is 4.40. The van der Waals surface area contributed by atoms with Crippen molar-refractivity contribution in [1.29, 1.82) is 0 Å². The Kier molecular flexibility index (Phi) is 6.78. The van der Waals surface area contributed by atoms with Gasteiger partial charge in [-0.3, -0.25) is 4.98 Å². The van der Waals surface area contributed by atoms with E-state index in [1.54, 1.807) is 12.3 Å². The molecule has 1 rings (SSSR count). The lowest BCUT2D eigenvalue weighted by Crippen LogP contribution is -2.21. The number of nitrogens with zero attached hydrogens (tertiary/aromatic N) is 1. The summed E-state index contributed by atoms with van der Waals surface area (Å²) in [5, 5.41) is 3.40. The highest BCUT2D eigenvalue weighted by molar-refractivity contribution is 5.14. The summed E-state index contributed by atoms with van der Waals surface area (Å²) in [5.41, 5.74) is 0.961. The van der Waals surface area contributed by atoms with Gasteiger partial charge in [0.15, 0.2) is 0 Å². The van der Waals surface area contributed by atoms with E-state index in [0.717, 1.165) is 18.5 Å². The maximum atomic E-state index is 13.1. The molecule has 0 spiro atoms. The minimum atomic E-state index is -0.251. The van der Waals surface area contributed by atoms with Crippen molar-refractivity contribution in [2.75, 3.05) is 6.54 Å². The molecule has 1 N–H and O–H groups in total. The van der Waals surface area contributed by atoms with Crippen LogP contribution in [-0.4, -0.2) is 11.5 Å². The molecule has 17 heavy (non-hydrogen) atoms. The molecule has 0 aliphatic carbocycles. The Morgan fingerprint density at radius 1 is 1.24 bits per heavy atom. The maximum absolute atomic E-state index is 13.1. The highest BCUT2D eigenvalue weighted by Gasteiger charge is 2.10. The van der Waals surface area contributed by atoms with Gasteiger partial charge in [0.1, 0.15) is 5.82 Å². The summed E-state index contributed by atoms with van der Waals surface area (Å²) >= 11 is 0. The Bertz CT molecular complexity index is 315. The molecule has 1 aromatic heterocycles. The fourth-order valence-corrected chi connectivity index (χ4v) is 2.03. The Morgan fingerprint density at radius 2 is 2.06 bits per heavy atom. The zero-order valence-electron chi connectivity index (χ0n) is 10.9. The first kappa shape index (κ1) is 14.1. The molecule has 0 aliphatic heterocycles. The number of halogens is 1. The van der Waals surface area contributed by atoms with Crippen molar-refractivity contribution < 1.29 is 4.39 Å². The van der Waals surface area contributed by atoms with Gasteiger partial charge in [0.05, 0.1) is 6.20 Å². The highest BCUT2D eigenvalue weighted by Crippen LogP contribution is 2.20. The molecular formula is C14H23FN2. The van der Waals surface area contributed by atoms with Crippen molar-refractivity contribution in [2.24, 2.45) is 0 Å². The van der Waals surface area contributed by atoms with Crippen molar-refractivity contribution in [2.45, 2.75) is 52.0 Å². The Morgan fingerprint density at radius 3 is 2.71 bits per heavy atom. The summed E-state index contributed by atoms with van der Waals surface area (Å²) in [6.45, 7) is 5.18. The molecule has 1 aromatic rings. The summed E-state index contributed by atoms with van der Waals surface area (Å²) in [6, 6.07) is 1.82. The number of pyridine rings is 1. The standard InChI is InChI=1S/C14H23FN2/c1-3-5-6-7-8-14(17-4-2)12-9-13(15)11-16-10-12/h9-11,14,17H,3-8H2,1-2H3. The van der Waals surface area contributed by atoms with E-state index in [4.69, 9.17) is 0 Å². The Balaban J connectivity index is 2.52. The number of unbranched alkanes of at least 4 members (excludes halogenated alkanes) is 3. The van der Waals surface area contributed by atoms with Gasteiger partial charge in [-0.1, -0.05) is 39.5 Å². The molecule has 0 fully saturated rings. The molecule has 0 saturated carbocycles. The molecular weight excluding hydrogens is 215 g/mol. The van der Waals surface area contributed by atoms with Crippen LogP contribution in [-0.2, 0) is 0 Å². The van der Waals surface area contributed by atoms with Crippen molar-refractivity contribution in [3.05, 3.63) is 29.8 Å². The summed E-state index contributed by atoms with van der Waals surface area (Å²) in [6.07, 6.45) is 9.02. The van der Waals surface area contributed by atoms with Crippen LogP contribution in [0.2, 0.25) is 0 Å². The Hall–Kier alpha value is -0.960. The largest absolute Gasteiger partial charge is 0.310 e. The minimum Gasteiger partial charge on any atom is -0.310 e. The highest BCUT2D eigenvalue weighted by atomic mass is 19.1. The van der Waals surface area contributed by atoms with E-state index in [1.807, 2.05) is 0 Å². The normalized spacial score (nSPS) is 12.6. The van der Waals surface area contributed by atoms with Gasteiger partial charge in [0.25, 0.3) is 0 Å². The van der Waals surface area contributed by atoms with Crippen LogP contribution < -0.4 is 5.32 Å². The minimum absolute atomic E-state index is 0.236. The zero-order valence-corrected chi connectivity index (χ0v) is 10.9. The number of hydrogen-bond acceptors (Lipinski definition) is 2. The second-order valence-corrected chi connectivity index (χ2v) is 4.40. The van der Waals surface area contributed by atoms with Gasteiger partial charge in [0.2, 0.25) is 0 Å². The van der Waals surface area contributed by atoms with Gasteiger partial charge < -0.3 is 5.32 Å². The van der Waals surface area contributed by atoms with E-state index in [9.17, 15) is 4.39 Å². The summed E-state index contributed by atoms with van der Waals surface area (Å²) in [5.74, 6) is -0.251. The van der Waals surface area contributed by atoms with Crippen LogP contribution >= 0.6 is 0 Å². The average molecular weight is 238 g/mol. The van der Waals surface area contributed by atoms with Gasteiger partial charge in [-0.15, -0.1) is 0 Å². The molecule has 2 nitrogen and oxygen atoms in total. The van der Waals surface area contributed by atoms with Crippen LogP contribution in [0.15, 0.2) is 18.5 Å². The first-order valence-electron chi connectivity index (χ1n) is 6.61. The fraction of sp³-hybridized carbons (Fsp3) is 0.643. The maximum Gasteiger partial charge on any atom is 0.141 e. The number of hydrogen-bond donors (Lipinski definition) is 1. The van der Waals surface area contributed by atoms with Gasteiger partial charge in [-0.25, -0.2) is 4.39 Å². The third-order valence-corrected chi connectivity index (χ3v) is 2.93. The van der Waals surface area contributed by atoms with E-state index in [1.165, 1.54) is 31.9 Å². The molecule has 1 atom stereocenters. The smallest absolute Gasteiger partial charge is 0.141 e. The molecule has 0 saturated heterocycles. The van der Waals surface area contributed by atoms with Crippen molar-refractivity contribution >= 4 is 0 Å².